The molecule has 43 heavy (non-hydrogen) atoms. The van der Waals surface area contributed by atoms with Crippen LogP contribution in [0, 0.1) is 0 Å². The van der Waals surface area contributed by atoms with Gasteiger partial charge in [-0.25, -0.2) is 0 Å². The van der Waals surface area contributed by atoms with E-state index in [1.54, 1.807) is 13.8 Å². The molecule has 6 unspecified atom stereocenters. The van der Waals surface area contributed by atoms with Gasteiger partial charge in [-0.05, 0) is 32.9 Å². The SMILES string of the molecule is CC[Si]1O[Si]2(CCCOC(=O)C(C)(C)Br)O[Si]3(CC)OC[Si](C)O[Si]4(CC)O[Si](CC)(O1)O[Si](CC)(O2)O[Si](CC)(O3)O4. The minimum atomic E-state index is -3.72. The van der Waals surface area contributed by atoms with Gasteiger partial charge in [0.05, 0.1) is 12.8 Å². The van der Waals surface area contributed by atoms with Gasteiger partial charge in [-0.15, -0.1) is 0 Å². The Kier molecular flexibility index (Phi) is 12.1. The van der Waals surface area contributed by atoms with Crippen molar-refractivity contribution in [3.8, 4) is 0 Å². The lowest BCUT2D eigenvalue weighted by Gasteiger charge is -2.56. The van der Waals surface area contributed by atoms with E-state index in [0.29, 0.717) is 55.0 Å². The summed E-state index contributed by atoms with van der Waals surface area (Å²) in [6.07, 6.45) is 0.743. The fourth-order valence-corrected chi connectivity index (χ4v) is 46.1. The molecular formula is C21H47BrO13Si8. The molecule has 248 valence electrons. The van der Waals surface area contributed by atoms with Crippen LogP contribution in [-0.2, 0) is 55.1 Å². The Labute approximate surface area is 274 Å². The second-order valence-electron chi connectivity index (χ2n) is 11.3. The molecule has 22 heteroatoms. The summed E-state index contributed by atoms with van der Waals surface area (Å²) in [6.45, 7) is 17.6. The van der Waals surface area contributed by atoms with E-state index >= 15 is 0 Å². The first-order valence-corrected chi connectivity index (χ1v) is 31.3. The Bertz CT molecular complexity index is 1010. The zero-order chi connectivity index (χ0) is 31.8. The Morgan fingerprint density at radius 1 is 0.721 bits per heavy atom. The molecule has 4 fully saturated rings. The van der Waals surface area contributed by atoms with Crippen LogP contribution in [-0.4, -0.2) is 94.3 Å². The fraction of sp³-hybridized carbons (Fsp3) is 0.952. The molecule has 0 N–H and O–H groups in total. The standard InChI is InChI=1S/C21H47BrO13Si8/c1-10-37-27-40(13-4)31-39(12-3)26-36(9)19-25-38(11-2)29-41(14-5,32-39)34-42(15-6,33-40)35-43(28-37,30-38)18-16-17-24-20(23)21(7,8)22/h10-19H2,1-9H3. The summed E-state index contributed by atoms with van der Waals surface area (Å²) in [5.41, 5.74) is 0. The van der Waals surface area contributed by atoms with Crippen molar-refractivity contribution in [3.63, 3.8) is 0 Å². The van der Waals surface area contributed by atoms with Gasteiger partial charge in [0.1, 0.15) is 4.32 Å². The van der Waals surface area contributed by atoms with E-state index < -0.39 is 75.5 Å². The van der Waals surface area contributed by atoms with Crippen LogP contribution in [0.15, 0.2) is 0 Å². The molecule has 0 amide bonds. The molecule has 0 aromatic rings. The van der Waals surface area contributed by atoms with Gasteiger partial charge in [0.25, 0.3) is 0 Å². The number of hydrogen-bond acceptors (Lipinski definition) is 13. The maximum Gasteiger partial charge on any atom is 0.485 e. The third-order valence-corrected chi connectivity index (χ3v) is 39.3. The van der Waals surface area contributed by atoms with Crippen molar-refractivity contribution < 1.29 is 55.1 Å². The van der Waals surface area contributed by atoms with Crippen molar-refractivity contribution in [1.29, 1.82) is 0 Å². The van der Waals surface area contributed by atoms with Gasteiger partial charge in [-0.2, -0.15) is 0 Å². The number of halogens is 1. The molecule has 0 aromatic carbocycles. The van der Waals surface area contributed by atoms with Crippen LogP contribution in [0.25, 0.3) is 0 Å². The van der Waals surface area contributed by atoms with Gasteiger partial charge < -0.3 is 50.3 Å². The highest BCUT2D eigenvalue weighted by Crippen LogP contribution is 2.47. The molecule has 4 rings (SSSR count). The maximum atomic E-state index is 12.5. The fourth-order valence-electron chi connectivity index (χ4n) is 4.96. The quantitative estimate of drug-likeness (QED) is 0.124. The van der Waals surface area contributed by atoms with Gasteiger partial charge in [-0.3, -0.25) is 4.79 Å². The molecule has 13 nitrogen and oxygen atoms in total. The summed E-state index contributed by atoms with van der Waals surface area (Å²) >= 11 is 3.37. The molecule has 0 spiro atoms. The zero-order valence-electron chi connectivity index (χ0n) is 26.8. The number of fused-ring (bicyclic) bond motifs is 4. The van der Waals surface area contributed by atoms with Crippen LogP contribution < -0.4 is 0 Å². The minimum absolute atomic E-state index is 0.159. The Morgan fingerprint density at radius 2 is 1.16 bits per heavy atom. The summed E-state index contributed by atoms with van der Waals surface area (Å²) in [7, 11) is -25.1. The lowest BCUT2D eigenvalue weighted by Crippen LogP contribution is -2.80. The lowest BCUT2D eigenvalue weighted by atomic mass is 10.2. The average molecular weight is 812 g/mol. The van der Waals surface area contributed by atoms with Crippen molar-refractivity contribution in [2.45, 2.75) is 115 Å². The molecule has 4 heterocycles. The topological polar surface area (TPSA) is 128 Å². The number of ether oxygens (including phenoxy) is 1. The first kappa shape index (κ1) is 37.1. The van der Waals surface area contributed by atoms with Gasteiger partial charge in [0.2, 0.25) is 9.04 Å². The third kappa shape index (κ3) is 8.11. The third-order valence-electron chi connectivity index (χ3n) is 7.34. The van der Waals surface area contributed by atoms with E-state index in [0.717, 1.165) is 0 Å². The second kappa shape index (κ2) is 14.0. The van der Waals surface area contributed by atoms with E-state index in [1.165, 1.54) is 0 Å². The van der Waals surface area contributed by atoms with Crippen LogP contribution in [0.1, 0.15) is 61.8 Å². The van der Waals surface area contributed by atoms with E-state index in [9.17, 15) is 4.79 Å². The largest absolute Gasteiger partial charge is 0.485 e. The summed E-state index contributed by atoms with van der Waals surface area (Å²) in [5, 5.41) is 0. The summed E-state index contributed by atoms with van der Waals surface area (Å²) in [5.74, 6) is -0.354. The average Bonchev–Trinajstić information content (AvgIpc) is 2.99. The summed E-state index contributed by atoms with van der Waals surface area (Å²) < 4.78 is 81.8. The van der Waals surface area contributed by atoms with Crippen molar-refractivity contribution in [1.82, 2.24) is 0 Å². The van der Waals surface area contributed by atoms with E-state index in [4.69, 9.17) is 50.3 Å². The normalized spacial score (nSPS) is 41.0. The minimum Gasteiger partial charge on any atom is -0.465 e. The van der Waals surface area contributed by atoms with Gasteiger partial charge in [-0.1, -0.05) is 57.5 Å². The second-order valence-corrected chi connectivity index (χ2v) is 37.1. The highest BCUT2D eigenvalue weighted by Gasteiger charge is 2.75. The molecule has 4 saturated heterocycles. The molecule has 0 saturated carbocycles. The monoisotopic (exact) mass is 810 g/mol. The number of carbonyl (C=O) groups excluding carboxylic acids is 1. The van der Waals surface area contributed by atoms with Crippen LogP contribution >= 0.6 is 15.9 Å². The Morgan fingerprint density at radius 3 is 1.70 bits per heavy atom. The van der Waals surface area contributed by atoms with Crippen LogP contribution in [0.5, 0.6) is 0 Å². The van der Waals surface area contributed by atoms with Crippen molar-refractivity contribution in [3.05, 3.63) is 0 Å². The van der Waals surface area contributed by atoms with Crippen molar-refractivity contribution in [2.75, 3.05) is 12.8 Å². The van der Waals surface area contributed by atoms with E-state index in [2.05, 4.69) is 15.9 Å². The smallest absolute Gasteiger partial charge is 0.465 e. The zero-order valence-corrected chi connectivity index (χ0v) is 36.3. The predicted molar refractivity (Wildman–Crippen MR) is 175 cm³/mol. The number of rotatable bonds is 11. The lowest BCUT2D eigenvalue weighted by molar-refractivity contribution is -0.145. The molecule has 6 bridgehead atoms. The van der Waals surface area contributed by atoms with Crippen LogP contribution in [0.2, 0.25) is 48.9 Å². The Balaban J connectivity index is 1.88. The van der Waals surface area contributed by atoms with Crippen molar-refractivity contribution in [2.24, 2.45) is 0 Å². The molecule has 4 aliphatic rings. The summed E-state index contributed by atoms with van der Waals surface area (Å²) in [6, 6.07) is 3.18. The van der Waals surface area contributed by atoms with Crippen molar-refractivity contribution >= 4 is 93.0 Å². The molecule has 0 aliphatic carbocycles. The maximum absolute atomic E-state index is 12.5. The van der Waals surface area contributed by atoms with Gasteiger partial charge in [0.15, 0.2) is 0 Å². The van der Waals surface area contributed by atoms with Crippen LogP contribution in [0.4, 0.5) is 0 Å². The molecule has 0 aromatic heterocycles. The summed E-state index contributed by atoms with van der Waals surface area (Å²) in [4.78, 5) is 12.5. The van der Waals surface area contributed by atoms with Crippen LogP contribution in [0.3, 0.4) is 0 Å². The molecule has 6 atom stereocenters. The highest BCUT2D eigenvalue weighted by atomic mass is 79.9. The first-order chi connectivity index (χ1) is 20.1. The molecule has 2 radical (unpaired) electrons. The Hall–Kier alpha value is 1.25. The van der Waals surface area contributed by atoms with E-state index in [-0.39, 0.29) is 12.6 Å². The number of hydrogen-bond donors (Lipinski definition) is 0. The molecule has 4 aliphatic heterocycles. The predicted octanol–water partition coefficient (Wildman–Crippen LogP) is 4.73. The first-order valence-electron chi connectivity index (χ1n) is 15.3. The highest BCUT2D eigenvalue weighted by molar-refractivity contribution is 9.10. The van der Waals surface area contributed by atoms with E-state index in [1.807, 2.05) is 48.1 Å². The number of alkyl halides is 1. The van der Waals surface area contributed by atoms with Gasteiger partial charge in [0, 0.05) is 36.3 Å². The molecular weight excluding hydrogens is 765 g/mol. The number of carbonyl (C=O) groups is 1. The number of esters is 1. The van der Waals surface area contributed by atoms with Gasteiger partial charge >= 0.3 is 68.1 Å².